The Balaban J connectivity index is 1.46. The average molecular weight is 708 g/mol. The van der Waals surface area contributed by atoms with Gasteiger partial charge in [-0.3, -0.25) is 14.4 Å². The van der Waals surface area contributed by atoms with Gasteiger partial charge in [0.2, 0.25) is 5.91 Å². The first-order valence-corrected chi connectivity index (χ1v) is 15.3. The number of hydrogen-bond donors (Lipinski definition) is 0. The fourth-order valence-electron chi connectivity index (χ4n) is 5.43. The van der Waals surface area contributed by atoms with E-state index >= 15 is 0 Å². The van der Waals surface area contributed by atoms with Crippen LogP contribution in [0.25, 0.3) is 0 Å². The minimum atomic E-state index is -0.635. The summed E-state index contributed by atoms with van der Waals surface area (Å²) in [5.74, 6) is -0.768. The highest BCUT2D eigenvalue weighted by atomic mass is 127. The van der Waals surface area contributed by atoms with Crippen molar-refractivity contribution in [3.05, 3.63) is 123 Å². The van der Waals surface area contributed by atoms with Crippen LogP contribution in [0.1, 0.15) is 55.5 Å². The monoisotopic (exact) mass is 707 g/mol. The van der Waals surface area contributed by atoms with E-state index in [0.29, 0.717) is 42.2 Å². The Hall–Kier alpha value is -4.25. The molecule has 4 aromatic carbocycles. The second-order valence-electron chi connectivity index (χ2n) is 10.5. The lowest BCUT2D eigenvalue weighted by Gasteiger charge is -2.48. The number of anilines is 1. The molecule has 0 N–H and O–H groups in total. The Morgan fingerprint density at radius 2 is 1.61 bits per heavy atom. The smallest absolute Gasteiger partial charge is 0.308 e. The van der Waals surface area contributed by atoms with E-state index in [4.69, 9.17) is 14.2 Å². The van der Waals surface area contributed by atoms with E-state index < -0.39 is 24.0 Å². The van der Waals surface area contributed by atoms with Crippen molar-refractivity contribution in [2.45, 2.75) is 45.4 Å². The summed E-state index contributed by atoms with van der Waals surface area (Å²) in [7, 11) is 0. The summed E-state index contributed by atoms with van der Waals surface area (Å²) in [6, 6.07) is 28.0. The van der Waals surface area contributed by atoms with Crippen molar-refractivity contribution in [1.82, 2.24) is 0 Å². The topological polar surface area (TPSA) is 82.1 Å². The maximum absolute atomic E-state index is 13.8. The number of carbonyl (C=O) groups is 3. The largest absolute Gasteiger partial charge is 0.489 e. The van der Waals surface area contributed by atoms with Crippen LogP contribution in [-0.2, 0) is 25.7 Å². The molecule has 44 heavy (non-hydrogen) atoms. The number of hydrogen-bond acceptors (Lipinski definition) is 6. The van der Waals surface area contributed by atoms with Gasteiger partial charge in [0.15, 0.2) is 0 Å². The maximum atomic E-state index is 13.8. The minimum absolute atomic E-state index is 0.0940. The molecule has 3 atom stereocenters. The summed E-state index contributed by atoms with van der Waals surface area (Å²) in [5, 5.41) is 0. The molecule has 1 aliphatic heterocycles. The molecule has 1 aliphatic rings. The third-order valence-corrected chi connectivity index (χ3v) is 8.08. The van der Waals surface area contributed by atoms with E-state index in [-0.39, 0.29) is 17.8 Å². The third-order valence-electron chi connectivity index (χ3n) is 7.41. The van der Waals surface area contributed by atoms with E-state index in [1.165, 1.54) is 26.0 Å². The van der Waals surface area contributed by atoms with E-state index in [0.717, 1.165) is 14.7 Å². The molecule has 1 fully saturated rings. The van der Waals surface area contributed by atoms with E-state index in [9.17, 15) is 18.8 Å². The number of esters is 2. The second-order valence-corrected chi connectivity index (χ2v) is 11.8. The van der Waals surface area contributed by atoms with Crippen LogP contribution >= 0.6 is 22.6 Å². The van der Waals surface area contributed by atoms with Gasteiger partial charge in [0.1, 0.15) is 30.0 Å². The Kier molecular flexibility index (Phi) is 9.94. The molecular formula is C35H31FINO6. The maximum Gasteiger partial charge on any atom is 0.308 e. The first-order valence-electron chi connectivity index (χ1n) is 14.2. The molecule has 226 valence electrons. The van der Waals surface area contributed by atoms with Gasteiger partial charge in [-0.05, 0) is 95.1 Å². The van der Waals surface area contributed by atoms with Crippen molar-refractivity contribution >= 4 is 46.1 Å². The normalized spacial score (nSPS) is 16.5. The predicted molar refractivity (Wildman–Crippen MR) is 172 cm³/mol. The predicted octanol–water partition coefficient (Wildman–Crippen LogP) is 7.72. The van der Waals surface area contributed by atoms with Crippen molar-refractivity contribution in [3.63, 3.8) is 0 Å². The molecule has 1 saturated heterocycles. The van der Waals surface area contributed by atoms with Crippen LogP contribution in [0.5, 0.6) is 11.5 Å². The molecular weight excluding hydrogens is 676 g/mol. The number of nitrogens with zero attached hydrogens (tertiary/aromatic N) is 1. The van der Waals surface area contributed by atoms with Gasteiger partial charge < -0.3 is 19.1 Å². The lowest BCUT2D eigenvalue weighted by Crippen LogP contribution is -2.55. The van der Waals surface area contributed by atoms with Gasteiger partial charge in [-0.2, -0.15) is 0 Å². The molecule has 0 unspecified atom stereocenters. The van der Waals surface area contributed by atoms with E-state index in [1.54, 1.807) is 41.3 Å². The number of carbonyl (C=O) groups excluding carboxylic acids is 3. The molecule has 4 aromatic rings. The number of rotatable bonds is 11. The van der Waals surface area contributed by atoms with Gasteiger partial charge >= 0.3 is 11.9 Å². The zero-order valence-corrected chi connectivity index (χ0v) is 26.4. The van der Waals surface area contributed by atoms with Gasteiger partial charge in [-0.25, -0.2) is 4.39 Å². The SMILES string of the molecule is CC(=O)Oc1ccc(N2C(=O)[C@H](CC[C@H](OC(C)=O)c3ccc(F)cc3)[C@H]2c2ccc(I)cc2OCc2ccccc2)cc1. The van der Waals surface area contributed by atoms with Gasteiger partial charge in [0.05, 0.1) is 12.0 Å². The van der Waals surface area contributed by atoms with E-state index in [2.05, 4.69) is 22.6 Å². The summed E-state index contributed by atoms with van der Waals surface area (Å²) in [6.45, 7) is 3.02. The Bertz CT molecular complexity index is 1630. The number of halogens is 2. The standard InChI is InChI=1S/C35H31FINO6/c1-22(39)43-29-15-13-28(14-16-29)38-34(30-17-12-27(37)20-33(30)42-21-24-6-4-3-5-7-24)31(35(38)41)18-19-32(44-23(2)40)25-8-10-26(36)11-9-25/h3-17,20,31-32,34H,18-19,21H2,1-2H3/t31-,32+,34-/m1/s1. The first kappa shape index (κ1) is 31.2. The second kappa shape index (κ2) is 14.0. The molecule has 1 heterocycles. The Labute approximate surface area is 269 Å². The summed E-state index contributed by atoms with van der Waals surface area (Å²) >= 11 is 2.24. The highest BCUT2D eigenvalue weighted by Crippen LogP contribution is 2.49. The van der Waals surface area contributed by atoms with Crippen molar-refractivity contribution in [2.24, 2.45) is 5.92 Å². The highest BCUT2D eigenvalue weighted by molar-refractivity contribution is 14.1. The summed E-state index contributed by atoms with van der Waals surface area (Å²) < 4.78 is 31.7. The third kappa shape index (κ3) is 7.45. The van der Waals surface area contributed by atoms with Crippen molar-refractivity contribution in [2.75, 3.05) is 4.90 Å². The minimum Gasteiger partial charge on any atom is -0.489 e. The van der Waals surface area contributed by atoms with Crippen LogP contribution in [0.15, 0.2) is 97.1 Å². The molecule has 0 bridgehead atoms. The molecule has 9 heteroatoms. The zero-order chi connectivity index (χ0) is 31.2. The Morgan fingerprint density at radius 3 is 2.27 bits per heavy atom. The van der Waals surface area contributed by atoms with Crippen LogP contribution in [0, 0.1) is 15.3 Å². The summed E-state index contributed by atoms with van der Waals surface area (Å²) in [5.41, 5.74) is 3.17. The zero-order valence-electron chi connectivity index (χ0n) is 24.2. The lowest BCUT2D eigenvalue weighted by atomic mass is 9.78. The molecule has 7 nitrogen and oxygen atoms in total. The van der Waals surface area contributed by atoms with Crippen LogP contribution in [0.2, 0.25) is 0 Å². The van der Waals surface area contributed by atoms with Gasteiger partial charge in [-0.1, -0.05) is 48.5 Å². The molecule has 0 aliphatic carbocycles. The van der Waals surface area contributed by atoms with Crippen LogP contribution in [-0.4, -0.2) is 17.8 Å². The summed E-state index contributed by atoms with van der Waals surface area (Å²) in [6.07, 6.45) is 0.136. The molecule has 5 rings (SSSR count). The number of ether oxygens (including phenoxy) is 3. The van der Waals surface area contributed by atoms with Gasteiger partial charge in [-0.15, -0.1) is 0 Å². The number of amides is 1. The molecule has 0 saturated carbocycles. The van der Waals surface area contributed by atoms with Crippen LogP contribution in [0.3, 0.4) is 0 Å². The number of benzene rings is 4. The molecule has 0 aromatic heterocycles. The van der Waals surface area contributed by atoms with Crippen LogP contribution in [0.4, 0.5) is 10.1 Å². The number of β-lactam (4-membered cyclic amide) rings is 1. The van der Waals surface area contributed by atoms with Crippen molar-refractivity contribution in [1.29, 1.82) is 0 Å². The lowest BCUT2D eigenvalue weighted by molar-refractivity contribution is -0.147. The highest BCUT2D eigenvalue weighted by Gasteiger charge is 2.49. The van der Waals surface area contributed by atoms with Crippen molar-refractivity contribution in [3.8, 4) is 11.5 Å². The van der Waals surface area contributed by atoms with Gasteiger partial charge in [0, 0.05) is 28.7 Å². The summed E-state index contributed by atoms with van der Waals surface area (Å²) in [4.78, 5) is 38.9. The quantitative estimate of drug-likeness (QED) is 0.0688. The molecule has 1 amide bonds. The molecule has 0 radical (unpaired) electrons. The first-order chi connectivity index (χ1) is 21.2. The van der Waals surface area contributed by atoms with Crippen molar-refractivity contribution < 1.29 is 33.0 Å². The fourth-order valence-corrected chi connectivity index (χ4v) is 5.89. The fraction of sp³-hybridized carbons (Fsp3) is 0.229. The Morgan fingerprint density at radius 1 is 0.909 bits per heavy atom. The van der Waals surface area contributed by atoms with Gasteiger partial charge in [0.25, 0.3) is 0 Å². The average Bonchev–Trinajstić information content (AvgIpc) is 3.00. The van der Waals surface area contributed by atoms with Crippen LogP contribution < -0.4 is 14.4 Å². The molecule has 0 spiro atoms. The van der Waals surface area contributed by atoms with E-state index in [1.807, 2.05) is 48.5 Å².